The minimum Gasteiger partial charge on any atom is -0.391 e. The average molecular weight is 1170 g/mol. The van der Waals surface area contributed by atoms with E-state index in [4.69, 9.17) is 34.4 Å². The van der Waals surface area contributed by atoms with Crippen molar-refractivity contribution in [2.24, 2.45) is 46.2 Å². The number of carbonyl (C=O) groups is 11. The molecule has 1 saturated carbocycles. The van der Waals surface area contributed by atoms with Gasteiger partial charge in [0, 0.05) is 25.4 Å². The number of hydrogen-bond acceptors (Lipinski definition) is 18. The minimum atomic E-state index is -1.36. The van der Waals surface area contributed by atoms with Gasteiger partial charge in [0.1, 0.15) is 48.3 Å². The van der Waals surface area contributed by atoms with E-state index in [0.29, 0.717) is 5.56 Å². The number of nitrogens with two attached hydrogens (primary N) is 6. The molecule has 29 heteroatoms. The van der Waals surface area contributed by atoms with Crippen LogP contribution in [0.3, 0.4) is 0 Å². The number of hydrogen-bond donors (Lipinski definition) is 18. The molecule has 0 saturated heterocycles. The van der Waals surface area contributed by atoms with Crippen molar-refractivity contribution in [2.45, 2.75) is 172 Å². The van der Waals surface area contributed by atoms with E-state index in [9.17, 15) is 57.8 Å². The van der Waals surface area contributed by atoms with Crippen LogP contribution >= 0.6 is 0 Å². The van der Waals surface area contributed by atoms with Gasteiger partial charge >= 0.3 is 0 Å². The summed E-state index contributed by atoms with van der Waals surface area (Å²) in [7, 11) is 0. The van der Waals surface area contributed by atoms with Crippen molar-refractivity contribution in [1.29, 1.82) is 0 Å². The van der Waals surface area contributed by atoms with Crippen molar-refractivity contribution in [2.75, 3.05) is 52.4 Å². The smallest absolute Gasteiger partial charge is 0.245 e. The second-order valence-corrected chi connectivity index (χ2v) is 21.1. The fourth-order valence-corrected chi connectivity index (χ4v) is 9.24. The Balaban J connectivity index is 2.18. The first-order chi connectivity index (χ1) is 39.5. The number of carbonyl (C=O) groups excluding carboxylic acids is 11. The zero-order valence-electron chi connectivity index (χ0n) is 48.6. The van der Waals surface area contributed by atoms with Crippen molar-refractivity contribution in [1.82, 2.24) is 58.5 Å². The molecule has 83 heavy (non-hydrogen) atoms. The fourth-order valence-electron chi connectivity index (χ4n) is 9.24. The Kier molecular flexibility index (Phi) is 34.4. The highest BCUT2D eigenvalue weighted by molar-refractivity contribution is 5.98. The molecule has 0 radical (unpaired) electrons. The first kappa shape index (κ1) is 72.2. The minimum absolute atomic E-state index is 0.0264. The van der Waals surface area contributed by atoms with Crippen molar-refractivity contribution < 1.29 is 57.8 Å². The van der Waals surface area contributed by atoms with Crippen LogP contribution in [0.5, 0.6) is 0 Å². The lowest BCUT2D eigenvalue weighted by Gasteiger charge is -2.28. The third kappa shape index (κ3) is 27.4. The largest absolute Gasteiger partial charge is 0.391 e. The molecule has 24 N–H and O–H groups in total. The summed E-state index contributed by atoms with van der Waals surface area (Å²) in [5.41, 5.74) is 35.8. The molecule has 1 aromatic carbocycles. The van der Waals surface area contributed by atoms with Gasteiger partial charge < -0.3 is 98.0 Å². The molecule has 0 heterocycles. The highest BCUT2D eigenvalue weighted by atomic mass is 16.3. The highest BCUT2D eigenvalue weighted by Gasteiger charge is 2.35. The lowest BCUT2D eigenvalue weighted by Crippen LogP contribution is -2.61. The molecule has 2 rings (SSSR count). The van der Waals surface area contributed by atoms with Gasteiger partial charge in [0.25, 0.3) is 0 Å². The average Bonchev–Trinajstić information content (AvgIpc) is 3.48. The van der Waals surface area contributed by atoms with Crippen LogP contribution in [0, 0.1) is 11.8 Å². The molecule has 0 aromatic heterocycles. The number of rotatable bonds is 39. The molecule has 0 spiro atoms. The van der Waals surface area contributed by atoms with Gasteiger partial charge in [-0.25, -0.2) is 0 Å². The summed E-state index contributed by atoms with van der Waals surface area (Å²) in [4.78, 5) is 148. The van der Waals surface area contributed by atoms with Crippen LogP contribution in [0.1, 0.15) is 110 Å². The first-order valence-corrected chi connectivity index (χ1v) is 28.7. The summed E-state index contributed by atoms with van der Waals surface area (Å²) >= 11 is 0. The molecular weight excluding hydrogens is 1080 g/mol. The van der Waals surface area contributed by atoms with Crippen molar-refractivity contribution in [3.05, 3.63) is 35.9 Å². The van der Waals surface area contributed by atoms with Crippen molar-refractivity contribution >= 4 is 65.0 Å². The van der Waals surface area contributed by atoms with E-state index >= 15 is 0 Å². The van der Waals surface area contributed by atoms with Gasteiger partial charge in [-0.05, 0) is 115 Å². The molecule has 1 aromatic rings. The summed E-state index contributed by atoms with van der Waals surface area (Å²) in [6.45, 7) is 5.21. The number of amides is 11. The normalized spacial score (nSPS) is 16.0. The second-order valence-electron chi connectivity index (χ2n) is 21.1. The Morgan fingerprint density at radius 1 is 0.482 bits per heavy atom. The quantitative estimate of drug-likeness (QED) is 0.0292. The Hall–Kier alpha value is -6.89. The van der Waals surface area contributed by atoms with Gasteiger partial charge in [-0.3, -0.25) is 52.7 Å². The van der Waals surface area contributed by atoms with Crippen LogP contribution in [-0.2, 0) is 59.2 Å². The van der Waals surface area contributed by atoms with Crippen molar-refractivity contribution in [3.8, 4) is 0 Å². The number of benzene rings is 1. The topological polar surface area (TPSA) is 496 Å². The van der Waals surface area contributed by atoms with Gasteiger partial charge in [0.2, 0.25) is 65.0 Å². The Morgan fingerprint density at radius 3 is 1.30 bits per heavy atom. The maximum atomic E-state index is 14.3. The number of likely N-dealkylation sites (N-methyl/N-ethyl adjacent to an activating group) is 1. The van der Waals surface area contributed by atoms with Gasteiger partial charge in [-0.15, -0.1) is 0 Å². The summed E-state index contributed by atoms with van der Waals surface area (Å²) in [6.07, 6.45) is 3.47. The molecule has 468 valence electrons. The van der Waals surface area contributed by atoms with Crippen LogP contribution in [0.2, 0.25) is 0 Å². The highest BCUT2D eigenvalue weighted by Crippen LogP contribution is 2.26. The van der Waals surface area contributed by atoms with Crippen LogP contribution in [0.4, 0.5) is 0 Å². The van der Waals surface area contributed by atoms with Gasteiger partial charge in [0.15, 0.2) is 0 Å². The van der Waals surface area contributed by atoms with E-state index in [1.54, 1.807) is 51.1 Å². The predicted octanol–water partition coefficient (Wildman–Crippen LogP) is -6.06. The molecule has 0 bridgehead atoms. The number of aliphatic hydroxyl groups excluding tert-OH is 1. The summed E-state index contributed by atoms with van der Waals surface area (Å²) in [6, 6.07) is -2.06. The Morgan fingerprint density at radius 2 is 0.867 bits per heavy atom. The van der Waals surface area contributed by atoms with Gasteiger partial charge in [-0.2, -0.15) is 0 Å². The molecule has 11 amide bonds. The van der Waals surface area contributed by atoms with Crippen molar-refractivity contribution in [3.63, 3.8) is 0 Å². The molecule has 1 fully saturated rings. The molecule has 1 aliphatic carbocycles. The fraction of sp³-hybridized carbons (Fsp3) is 0.685. The summed E-state index contributed by atoms with van der Waals surface area (Å²) < 4.78 is 0. The Labute approximate surface area is 486 Å². The number of nitrogens with one attached hydrogen (secondary N) is 11. The number of aliphatic hydroxyl groups is 1. The third-order valence-corrected chi connectivity index (χ3v) is 13.7. The molecule has 29 nitrogen and oxygen atoms in total. The second kappa shape index (κ2) is 39.6. The zero-order valence-corrected chi connectivity index (χ0v) is 48.6. The lowest BCUT2D eigenvalue weighted by molar-refractivity contribution is -0.136. The molecular formula is C54H95N17O12. The van der Waals surface area contributed by atoms with Crippen LogP contribution < -0.4 is 92.9 Å². The van der Waals surface area contributed by atoms with E-state index in [1.165, 1.54) is 6.92 Å². The summed E-state index contributed by atoms with van der Waals surface area (Å²) in [5, 5.41) is 38.2. The standard InChI is InChI=1S/C54H95N17O12/c1-5-61-54(83)46(32(4)72)71-51(80)40(20-25-59)67-50(79)39(19-24-58)68-52(81)41(26-31(2)3)69-53(82)42(27-33-12-8-6-9-13-33)70-49(78)38(18-23-57)66-45(75)30-63-48(77)37(17-22-56)65-44(74)29-62-47(76)36(16-21-55)64-43(73)28-35(60)34-14-10-7-11-15-34/h6,8-9,12-13,31-32,34-42,46,72H,5,7,10-11,14-30,55-60H2,1-4H3,(H,61,83)(H,62,76)(H,63,77)(H,64,73)(H,65,74)(H,66,75)(H,67,79)(H,68,81)(H,69,82)(H,70,78)(H,71,80)/t32?,35?,36-,37-,38-,39-,40-,41-,42+,46?/m0/s1. The predicted molar refractivity (Wildman–Crippen MR) is 309 cm³/mol. The third-order valence-electron chi connectivity index (χ3n) is 13.7. The van der Waals surface area contributed by atoms with Crippen LogP contribution in [0.25, 0.3) is 0 Å². The molecule has 1 aliphatic rings. The molecule has 3 unspecified atom stereocenters. The maximum absolute atomic E-state index is 14.3. The molecule has 10 atom stereocenters. The lowest BCUT2D eigenvalue weighted by atomic mass is 9.83. The van der Waals surface area contributed by atoms with Gasteiger partial charge in [0.05, 0.1) is 19.2 Å². The maximum Gasteiger partial charge on any atom is 0.245 e. The van der Waals surface area contributed by atoms with E-state index in [2.05, 4.69) is 58.5 Å². The first-order valence-electron chi connectivity index (χ1n) is 28.7. The van der Waals surface area contributed by atoms with E-state index in [1.807, 2.05) is 0 Å². The Bertz CT molecular complexity index is 2240. The monoisotopic (exact) mass is 1170 g/mol. The van der Waals surface area contributed by atoms with E-state index in [-0.39, 0.29) is 109 Å². The van der Waals surface area contributed by atoms with Crippen LogP contribution in [-0.4, -0.2) is 183 Å². The molecule has 0 aliphatic heterocycles. The summed E-state index contributed by atoms with van der Waals surface area (Å²) in [5.74, 6) is -8.30. The van der Waals surface area contributed by atoms with Gasteiger partial charge in [-0.1, -0.05) is 63.4 Å². The zero-order chi connectivity index (χ0) is 62.0. The SMILES string of the molecule is CCNC(=O)C(NC(=O)[C@H](CCN)NC(=O)[C@H](CCN)NC(=O)[C@H](CC(C)C)NC(=O)[C@@H](Cc1ccccc1)NC(=O)[C@H](CCN)NC(=O)CNC(=O)[C@H](CCN)NC(=O)CNC(=O)[C@H](CCN)NC(=O)CC(N)C1CCCCC1)C(C)O. The van der Waals surface area contributed by atoms with Crippen LogP contribution in [0.15, 0.2) is 30.3 Å². The van der Waals surface area contributed by atoms with E-state index in [0.717, 1.165) is 32.1 Å². The van der Waals surface area contributed by atoms with E-state index < -0.39 is 133 Å².